The van der Waals surface area contributed by atoms with Crippen molar-refractivity contribution in [3.8, 4) is 0 Å². The van der Waals surface area contributed by atoms with E-state index in [9.17, 15) is 4.79 Å². The summed E-state index contributed by atoms with van der Waals surface area (Å²) in [4.78, 5) is 24.0. The molecule has 2 heterocycles. The van der Waals surface area contributed by atoms with Gasteiger partial charge in [-0.05, 0) is 18.6 Å². The zero-order valence-electron chi connectivity index (χ0n) is 14.9. The van der Waals surface area contributed by atoms with Crippen LogP contribution in [0.1, 0.15) is 24.1 Å². The van der Waals surface area contributed by atoms with E-state index in [2.05, 4.69) is 4.99 Å². The molecule has 2 aliphatic heterocycles. The minimum atomic E-state index is -0.365. The van der Waals surface area contributed by atoms with Gasteiger partial charge in [0, 0.05) is 18.0 Å². The van der Waals surface area contributed by atoms with Crippen LogP contribution in [-0.4, -0.2) is 29.7 Å². The molecule has 0 aromatic heterocycles. The number of allylic oxidation sites excluding steroid dienone is 1. The van der Waals surface area contributed by atoms with E-state index < -0.39 is 0 Å². The van der Waals surface area contributed by atoms with Gasteiger partial charge in [0.15, 0.2) is 0 Å². The maximum absolute atomic E-state index is 13.0. The summed E-state index contributed by atoms with van der Waals surface area (Å²) in [5.41, 5.74) is 2.95. The van der Waals surface area contributed by atoms with Crippen molar-refractivity contribution >= 4 is 23.8 Å². The van der Waals surface area contributed by atoms with Gasteiger partial charge in [-0.3, -0.25) is 0 Å². The summed E-state index contributed by atoms with van der Waals surface area (Å²) in [7, 11) is 0. The number of carbonyl (C=O) groups excluding carboxylic acids is 1. The lowest BCUT2D eigenvalue weighted by molar-refractivity contribution is -0.139. The molecule has 5 heteroatoms. The van der Waals surface area contributed by atoms with Crippen LogP contribution in [0.4, 0.5) is 0 Å². The largest absolute Gasteiger partial charge is 0.463 e. The highest BCUT2D eigenvalue weighted by atomic mass is 16.5. The number of carbonyl (C=O) groups is 1. The Bertz CT molecular complexity index is 960. The standard InChI is InChI=1S/C22H19N3O2/c1-2-27-21(26)18-19(16-10-5-3-6-11-16)24-22-23-14-9-15-25(22)20(18)17-12-7-4-8-13-17/h3-15,20H,2H2,1H3. The molecule has 2 aliphatic rings. The van der Waals surface area contributed by atoms with Crippen molar-refractivity contribution in [3.05, 3.63) is 89.6 Å². The molecule has 2 aromatic carbocycles. The quantitative estimate of drug-likeness (QED) is 0.778. The van der Waals surface area contributed by atoms with Crippen molar-refractivity contribution in [3.63, 3.8) is 0 Å². The summed E-state index contributed by atoms with van der Waals surface area (Å²) < 4.78 is 5.41. The second kappa shape index (κ2) is 7.41. The van der Waals surface area contributed by atoms with Crippen LogP contribution in [0.25, 0.3) is 5.70 Å². The number of guanidine groups is 1. The van der Waals surface area contributed by atoms with Crippen LogP contribution in [0, 0.1) is 0 Å². The van der Waals surface area contributed by atoms with Gasteiger partial charge in [-0.15, -0.1) is 0 Å². The Balaban J connectivity index is 1.97. The van der Waals surface area contributed by atoms with Gasteiger partial charge in [0.25, 0.3) is 0 Å². The van der Waals surface area contributed by atoms with Gasteiger partial charge < -0.3 is 9.64 Å². The molecular weight excluding hydrogens is 338 g/mol. The first-order chi connectivity index (χ1) is 13.3. The van der Waals surface area contributed by atoms with Crippen molar-refractivity contribution in [2.24, 2.45) is 9.98 Å². The first-order valence-electron chi connectivity index (χ1n) is 8.89. The fraction of sp³-hybridized carbons (Fsp3) is 0.136. The molecule has 0 bridgehead atoms. The van der Waals surface area contributed by atoms with Crippen LogP contribution in [-0.2, 0) is 9.53 Å². The van der Waals surface area contributed by atoms with Crippen molar-refractivity contribution in [1.29, 1.82) is 0 Å². The molecule has 0 saturated carbocycles. The van der Waals surface area contributed by atoms with E-state index in [-0.39, 0.29) is 12.0 Å². The number of ether oxygens (including phenoxy) is 1. The Morgan fingerprint density at radius 1 is 1.07 bits per heavy atom. The molecule has 0 N–H and O–H groups in total. The summed E-state index contributed by atoms with van der Waals surface area (Å²) in [6, 6.07) is 19.2. The maximum Gasteiger partial charge on any atom is 0.338 e. The number of hydrogen-bond donors (Lipinski definition) is 0. The number of esters is 1. The second-order valence-corrected chi connectivity index (χ2v) is 6.10. The Labute approximate surface area is 158 Å². The monoisotopic (exact) mass is 357 g/mol. The van der Waals surface area contributed by atoms with Crippen LogP contribution >= 0.6 is 0 Å². The van der Waals surface area contributed by atoms with Gasteiger partial charge in [-0.1, -0.05) is 60.7 Å². The molecule has 1 atom stereocenters. The second-order valence-electron chi connectivity index (χ2n) is 6.10. The summed E-state index contributed by atoms with van der Waals surface area (Å²) in [6.45, 7) is 2.11. The number of benzene rings is 2. The highest BCUT2D eigenvalue weighted by molar-refractivity contribution is 6.06. The normalized spacial score (nSPS) is 18.2. The molecule has 0 spiro atoms. The molecule has 27 heavy (non-hydrogen) atoms. The first-order valence-corrected chi connectivity index (χ1v) is 8.89. The van der Waals surface area contributed by atoms with Crippen LogP contribution in [0.5, 0.6) is 0 Å². The SMILES string of the molecule is CCOC(=O)C1=C(c2ccccc2)N=C2N=CC=CN2C1c1ccccc1. The number of fused-ring (bicyclic) bond motifs is 1. The average Bonchev–Trinajstić information content (AvgIpc) is 2.73. The van der Waals surface area contributed by atoms with Crippen LogP contribution in [0.2, 0.25) is 0 Å². The van der Waals surface area contributed by atoms with Crippen LogP contribution < -0.4 is 0 Å². The van der Waals surface area contributed by atoms with Crippen molar-refractivity contribution in [2.75, 3.05) is 6.61 Å². The molecule has 4 rings (SSSR count). The molecule has 2 aromatic rings. The Hall–Kier alpha value is -3.47. The lowest BCUT2D eigenvalue weighted by Gasteiger charge is -2.36. The molecule has 0 fully saturated rings. The van der Waals surface area contributed by atoms with E-state index in [1.54, 1.807) is 13.1 Å². The zero-order chi connectivity index (χ0) is 18.6. The van der Waals surface area contributed by atoms with E-state index in [4.69, 9.17) is 9.73 Å². The van der Waals surface area contributed by atoms with Crippen molar-refractivity contribution in [2.45, 2.75) is 13.0 Å². The smallest absolute Gasteiger partial charge is 0.338 e. The number of nitrogens with zero attached hydrogens (tertiary/aromatic N) is 3. The van der Waals surface area contributed by atoms with E-state index >= 15 is 0 Å². The molecule has 0 saturated heterocycles. The summed E-state index contributed by atoms with van der Waals surface area (Å²) in [5.74, 6) is 0.189. The predicted octanol–water partition coefficient (Wildman–Crippen LogP) is 3.97. The molecule has 0 radical (unpaired) electrons. The lowest BCUT2D eigenvalue weighted by Crippen LogP contribution is -2.37. The van der Waals surface area contributed by atoms with Crippen molar-refractivity contribution < 1.29 is 9.53 Å². The van der Waals surface area contributed by atoms with E-state index in [0.717, 1.165) is 11.1 Å². The molecular formula is C22H19N3O2. The number of aliphatic imine (C=N–C) groups is 2. The van der Waals surface area contributed by atoms with Gasteiger partial charge in [0.2, 0.25) is 5.96 Å². The third-order valence-electron chi connectivity index (χ3n) is 4.43. The Kier molecular flexibility index (Phi) is 4.66. The Morgan fingerprint density at radius 3 is 2.48 bits per heavy atom. The molecule has 0 aliphatic carbocycles. The van der Waals surface area contributed by atoms with Gasteiger partial charge in [0.05, 0.1) is 23.9 Å². The van der Waals surface area contributed by atoms with Gasteiger partial charge in [-0.2, -0.15) is 0 Å². The fourth-order valence-electron chi connectivity index (χ4n) is 3.29. The van der Waals surface area contributed by atoms with Gasteiger partial charge in [0.1, 0.15) is 0 Å². The highest BCUT2D eigenvalue weighted by Crippen LogP contribution is 2.40. The third kappa shape index (κ3) is 3.19. The molecule has 134 valence electrons. The van der Waals surface area contributed by atoms with Gasteiger partial charge in [-0.25, -0.2) is 14.8 Å². The number of hydrogen-bond acceptors (Lipinski definition) is 5. The summed E-state index contributed by atoms with van der Waals surface area (Å²) in [5, 5.41) is 0. The van der Waals surface area contributed by atoms with E-state index in [1.165, 1.54) is 0 Å². The lowest BCUT2D eigenvalue weighted by atomic mass is 9.92. The highest BCUT2D eigenvalue weighted by Gasteiger charge is 2.37. The van der Waals surface area contributed by atoms with Crippen LogP contribution in [0.3, 0.4) is 0 Å². The third-order valence-corrected chi connectivity index (χ3v) is 4.43. The molecule has 5 nitrogen and oxygen atoms in total. The molecule has 0 amide bonds. The average molecular weight is 357 g/mol. The van der Waals surface area contributed by atoms with E-state index in [1.807, 2.05) is 77.8 Å². The number of rotatable bonds is 4. The zero-order valence-corrected chi connectivity index (χ0v) is 14.9. The van der Waals surface area contributed by atoms with Crippen molar-refractivity contribution in [1.82, 2.24) is 4.90 Å². The molecule has 1 unspecified atom stereocenters. The maximum atomic E-state index is 13.0. The summed E-state index contributed by atoms with van der Waals surface area (Å²) in [6.07, 6.45) is 5.44. The Morgan fingerprint density at radius 2 is 1.78 bits per heavy atom. The summed E-state index contributed by atoms with van der Waals surface area (Å²) >= 11 is 0. The topological polar surface area (TPSA) is 54.3 Å². The minimum Gasteiger partial charge on any atom is -0.463 e. The first kappa shape index (κ1) is 17.0. The fourth-order valence-corrected chi connectivity index (χ4v) is 3.29. The van der Waals surface area contributed by atoms with Crippen LogP contribution in [0.15, 0.2) is 88.5 Å². The minimum absolute atomic E-state index is 0.302. The van der Waals surface area contributed by atoms with Gasteiger partial charge >= 0.3 is 5.97 Å². The predicted molar refractivity (Wildman–Crippen MR) is 106 cm³/mol. The van der Waals surface area contributed by atoms with E-state index in [0.29, 0.717) is 23.8 Å².